The van der Waals surface area contributed by atoms with Crippen molar-refractivity contribution in [1.82, 2.24) is 0 Å². The van der Waals surface area contributed by atoms with Crippen molar-refractivity contribution in [1.29, 1.82) is 0 Å². The number of rotatable bonds is 2. The Hall–Kier alpha value is -0.900. The Kier molecular flexibility index (Phi) is 3.63. The topological polar surface area (TPSA) is 38.7 Å². The summed E-state index contributed by atoms with van der Waals surface area (Å²) in [6.07, 6.45) is 8.44. The molecule has 0 fully saturated rings. The van der Waals surface area contributed by atoms with Gasteiger partial charge in [0.15, 0.2) is 0 Å². The summed E-state index contributed by atoms with van der Waals surface area (Å²) < 4.78 is -0.308. The smallest absolute Gasteiger partial charge is 0.318 e. The van der Waals surface area contributed by atoms with E-state index in [2.05, 4.69) is 25.9 Å². The van der Waals surface area contributed by atoms with E-state index in [9.17, 15) is 4.79 Å². The fourth-order valence-electron chi connectivity index (χ4n) is 1.10. The maximum Gasteiger partial charge on any atom is 0.331 e. The lowest BCUT2D eigenvalue weighted by atomic mass is 9.96. The van der Waals surface area contributed by atoms with Crippen LogP contribution in [0.5, 0.6) is 0 Å². The molecule has 0 bridgehead atoms. The van der Waals surface area contributed by atoms with Crippen molar-refractivity contribution in [2.45, 2.75) is 24.6 Å². The lowest BCUT2D eigenvalue weighted by Crippen LogP contribution is -2.29. The van der Waals surface area contributed by atoms with E-state index in [4.69, 9.17) is 0 Å². The van der Waals surface area contributed by atoms with Gasteiger partial charge in [-0.25, -0.2) is 4.79 Å². The van der Waals surface area contributed by atoms with Gasteiger partial charge in [-0.3, -0.25) is 0 Å². The van der Waals surface area contributed by atoms with Crippen LogP contribution in [-0.4, -0.2) is 16.0 Å². The van der Waals surface area contributed by atoms with Gasteiger partial charge in [0, 0.05) is 6.92 Å². The number of alkyl halides is 1. The predicted octanol–water partition coefficient (Wildman–Crippen LogP) is 2.58. The van der Waals surface area contributed by atoms with E-state index < -0.39 is 5.97 Å². The largest absolute Gasteiger partial charge is 0.331 e. The van der Waals surface area contributed by atoms with Crippen molar-refractivity contribution in [3.8, 4) is 0 Å². The summed E-state index contributed by atoms with van der Waals surface area (Å²) in [5.74, 6) is -0.411. The molecule has 4 heteroatoms. The average molecular weight is 258 g/mol. The number of allylic oxidation sites excluding steroid dienone is 4. The molecule has 3 nitrogen and oxygen atoms in total. The molecule has 1 unspecified atom stereocenters. The molecule has 0 N–H and O–H groups in total. The molecule has 0 amide bonds. The lowest BCUT2D eigenvalue weighted by molar-refractivity contribution is -0.140. The van der Waals surface area contributed by atoms with E-state index in [1.54, 1.807) is 0 Å². The minimum Gasteiger partial charge on any atom is -0.318 e. The number of carbonyl (C=O) groups excluding carboxylic acids is 1. The van der Waals surface area contributed by atoms with Gasteiger partial charge in [0.25, 0.3) is 0 Å². The monoisotopic (exact) mass is 257 g/mol. The van der Waals surface area contributed by atoms with Crippen molar-refractivity contribution < 1.29 is 9.63 Å². The summed E-state index contributed by atoms with van der Waals surface area (Å²) in [5.41, 5.74) is 0.706. The molecule has 0 saturated carbocycles. The number of halogens is 1. The zero-order valence-electron chi connectivity index (χ0n) is 8.16. The second-order valence-corrected chi connectivity index (χ2v) is 4.41. The first kappa shape index (κ1) is 11.2. The molecule has 1 atom stereocenters. The Morgan fingerprint density at radius 3 is 2.93 bits per heavy atom. The third kappa shape index (κ3) is 2.54. The summed E-state index contributed by atoms with van der Waals surface area (Å²) in [4.78, 5) is 15.2. The Morgan fingerprint density at radius 1 is 1.64 bits per heavy atom. The van der Waals surface area contributed by atoms with Gasteiger partial charge in [0.1, 0.15) is 5.71 Å². The van der Waals surface area contributed by atoms with Crippen molar-refractivity contribution >= 4 is 27.6 Å². The van der Waals surface area contributed by atoms with Crippen molar-refractivity contribution in [2.24, 2.45) is 5.16 Å². The van der Waals surface area contributed by atoms with E-state index in [1.165, 1.54) is 6.92 Å². The molecule has 76 valence electrons. The molecule has 14 heavy (non-hydrogen) atoms. The minimum absolute atomic E-state index is 0.308. The molecule has 0 saturated heterocycles. The standard InChI is InChI=1S/C10H12BrNO2/c1-3-10(11)7-5-4-6-9(10)12-14-8(2)13/h4-7H,3H2,1-2H3. The Morgan fingerprint density at radius 2 is 2.36 bits per heavy atom. The van der Waals surface area contributed by atoms with Gasteiger partial charge in [0.05, 0.1) is 4.32 Å². The van der Waals surface area contributed by atoms with Gasteiger partial charge in [-0.2, -0.15) is 0 Å². The molecule has 1 aliphatic carbocycles. The van der Waals surface area contributed by atoms with Gasteiger partial charge >= 0.3 is 5.97 Å². The minimum atomic E-state index is -0.411. The number of oxime groups is 1. The van der Waals surface area contributed by atoms with Gasteiger partial charge in [-0.15, -0.1) is 0 Å². The Bertz CT molecular complexity index is 320. The first-order valence-electron chi connectivity index (χ1n) is 4.39. The van der Waals surface area contributed by atoms with E-state index >= 15 is 0 Å². The molecular weight excluding hydrogens is 246 g/mol. The second-order valence-electron chi connectivity index (χ2n) is 2.99. The molecule has 1 rings (SSSR count). The molecule has 0 spiro atoms. The number of nitrogens with zero attached hydrogens (tertiary/aromatic N) is 1. The van der Waals surface area contributed by atoms with Gasteiger partial charge in [0.2, 0.25) is 0 Å². The number of hydrogen-bond donors (Lipinski definition) is 0. The highest BCUT2D eigenvalue weighted by Gasteiger charge is 2.28. The van der Waals surface area contributed by atoms with Crippen LogP contribution in [0, 0.1) is 0 Å². The molecule has 0 aromatic carbocycles. The van der Waals surface area contributed by atoms with Crippen LogP contribution < -0.4 is 0 Å². The predicted molar refractivity (Wildman–Crippen MR) is 59.4 cm³/mol. The molecule has 0 aromatic rings. The third-order valence-corrected chi connectivity index (χ3v) is 3.17. The average Bonchev–Trinajstić information content (AvgIpc) is 2.16. The highest BCUT2D eigenvalue weighted by atomic mass is 79.9. The Labute approximate surface area is 91.6 Å². The van der Waals surface area contributed by atoms with Crippen LogP contribution in [0.1, 0.15) is 20.3 Å². The molecule has 1 aliphatic rings. The fraction of sp³-hybridized carbons (Fsp3) is 0.400. The van der Waals surface area contributed by atoms with Crippen LogP contribution >= 0.6 is 15.9 Å². The number of hydrogen-bond acceptors (Lipinski definition) is 3. The van der Waals surface area contributed by atoms with Crippen LogP contribution in [0.2, 0.25) is 0 Å². The van der Waals surface area contributed by atoms with Gasteiger partial charge in [-0.05, 0) is 12.5 Å². The summed E-state index contributed by atoms with van der Waals surface area (Å²) in [5, 5.41) is 3.79. The fourth-order valence-corrected chi connectivity index (χ4v) is 1.45. The molecular formula is C10H12BrNO2. The van der Waals surface area contributed by atoms with Crippen LogP contribution in [0.25, 0.3) is 0 Å². The summed E-state index contributed by atoms with van der Waals surface area (Å²) in [6, 6.07) is 0. The highest BCUT2D eigenvalue weighted by Crippen LogP contribution is 2.29. The maximum absolute atomic E-state index is 10.6. The number of carbonyl (C=O) groups is 1. The lowest BCUT2D eigenvalue weighted by Gasteiger charge is -2.23. The molecule has 0 aliphatic heterocycles. The summed E-state index contributed by atoms with van der Waals surface area (Å²) in [7, 11) is 0. The van der Waals surface area contributed by atoms with Gasteiger partial charge < -0.3 is 4.84 Å². The normalized spacial score (nSPS) is 28.1. The van der Waals surface area contributed by atoms with E-state index in [1.807, 2.05) is 31.2 Å². The quantitative estimate of drug-likeness (QED) is 0.433. The zero-order chi connectivity index (χ0) is 10.6. The molecule has 0 radical (unpaired) electrons. The zero-order valence-corrected chi connectivity index (χ0v) is 9.74. The van der Waals surface area contributed by atoms with Gasteiger partial charge in [-0.1, -0.05) is 46.2 Å². The van der Waals surface area contributed by atoms with Crippen molar-refractivity contribution in [3.63, 3.8) is 0 Å². The first-order valence-corrected chi connectivity index (χ1v) is 5.18. The van der Waals surface area contributed by atoms with Crippen LogP contribution in [0.4, 0.5) is 0 Å². The van der Waals surface area contributed by atoms with E-state index in [-0.39, 0.29) is 4.32 Å². The summed E-state index contributed by atoms with van der Waals surface area (Å²) >= 11 is 3.55. The SMILES string of the molecule is CCC1(Br)C=CC=CC1=NOC(C)=O. The molecule has 0 heterocycles. The third-order valence-electron chi connectivity index (χ3n) is 1.94. The highest BCUT2D eigenvalue weighted by molar-refractivity contribution is 9.10. The van der Waals surface area contributed by atoms with Crippen molar-refractivity contribution in [3.05, 3.63) is 24.3 Å². The molecule has 0 aromatic heterocycles. The first-order chi connectivity index (χ1) is 6.58. The van der Waals surface area contributed by atoms with Crippen molar-refractivity contribution in [2.75, 3.05) is 0 Å². The summed E-state index contributed by atoms with van der Waals surface area (Å²) in [6.45, 7) is 3.36. The van der Waals surface area contributed by atoms with Crippen LogP contribution in [-0.2, 0) is 9.63 Å². The van der Waals surface area contributed by atoms with E-state index in [0.717, 1.165) is 6.42 Å². The maximum atomic E-state index is 10.6. The Balaban J connectivity index is 2.85. The van der Waals surface area contributed by atoms with Crippen LogP contribution in [0.3, 0.4) is 0 Å². The second kappa shape index (κ2) is 4.55. The van der Waals surface area contributed by atoms with E-state index in [0.29, 0.717) is 5.71 Å². The van der Waals surface area contributed by atoms with Crippen LogP contribution in [0.15, 0.2) is 29.5 Å².